The van der Waals surface area contributed by atoms with Gasteiger partial charge in [0.25, 0.3) is 0 Å². The van der Waals surface area contributed by atoms with Crippen molar-refractivity contribution in [1.29, 1.82) is 0 Å². The van der Waals surface area contributed by atoms with Gasteiger partial charge in [-0.2, -0.15) is 0 Å². The van der Waals surface area contributed by atoms with E-state index in [1.54, 1.807) is 0 Å². The molecule has 16 heavy (non-hydrogen) atoms. The topological polar surface area (TPSA) is 38.3 Å². The number of ether oxygens (including phenoxy) is 1. The smallest absolute Gasteiger partial charge is 0.309 e. The highest BCUT2D eigenvalue weighted by Crippen LogP contribution is 2.26. The number of carbonyl (C=O) groups is 1. The first kappa shape index (κ1) is 13.5. The van der Waals surface area contributed by atoms with Crippen molar-refractivity contribution in [2.24, 2.45) is 5.92 Å². The van der Waals surface area contributed by atoms with Crippen molar-refractivity contribution in [2.75, 3.05) is 0 Å². The second-order valence-corrected chi connectivity index (χ2v) is 5.37. The summed E-state index contributed by atoms with van der Waals surface area (Å²) in [5.74, 6) is 0.0951. The Morgan fingerprint density at radius 1 is 1.25 bits per heavy atom. The van der Waals surface area contributed by atoms with E-state index in [2.05, 4.69) is 19.2 Å². The molecular weight excluding hydrogens is 202 g/mol. The van der Waals surface area contributed by atoms with Crippen molar-refractivity contribution in [3.63, 3.8) is 0 Å². The van der Waals surface area contributed by atoms with E-state index in [-0.39, 0.29) is 18.0 Å². The predicted molar refractivity (Wildman–Crippen MR) is 65.2 cm³/mol. The van der Waals surface area contributed by atoms with Gasteiger partial charge in [0.2, 0.25) is 0 Å². The first-order chi connectivity index (χ1) is 7.49. The molecule has 1 N–H and O–H groups in total. The summed E-state index contributed by atoms with van der Waals surface area (Å²) >= 11 is 0. The minimum Gasteiger partial charge on any atom is -0.463 e. The standard InChI is InChI=1S/C13H25NO2/c1-9(2)14-12-7-5-6-11(8-12)13(15)16-10(3)4/h9-12,14H,5-8H2,1-4H3/t11-,12+/m0/s1. The van der Waals surface area contributed by atoms with Crippen LogP contribution in [0.4, 0.5) is 0 Å². The lowest BCUT2D eigenvalue weighted by atomic mass is 9.85. The largest absolute Gasteiger partial charge is 0.463 e. The van der Waals surface area contributed by atoms with Crippen LogP contribution in [0.5, 0.6) is 0 Å². The van der Waals surface area contributed by atoms with Gasteiger partial charge in [0.1, 0.15) is 0 Å². The molecule has 1 rings (SSSR count). The van der Waals surface area contributed by atoms with E-state index < -0.39 is 0 Å². The molecule has 0 bridgehead atoms. The maximum Gasteiger partial charge on any atom is 0.309 e. The molecule has 0 aromatic carbocycles. The van der Waals surface area contributed by atoms with Crippen LogP contribution in [-0.4, -0.2) is 24.2 Å². The van der Waals surface area contributed by atoms with E-state index in [0.717, 1.165) is 19.3 Å². The first-order valence-corrected chi connectivity index (χ1v) is 6.45. The van der Waals surface area contributed by atoms with Crippen LogP contribution in [0.15, 0.2) is 0 Å². The molecule has 1 saturated carbocycles. The summed E-state index contributed by atoms with van der Waals surface area (Å²) in [6.45, 7) is 8.11. The molecule has 3 heteroatoms. The Kier molecular flexibility index (Phi) is 5.26. The fourth-order valence-electron chi connectivity index (χ4n) is 2.36. The third-order valence-electron chi connectivity index (χ3n) is 2.93. The highest BCUT2D eigenvalue weighted by atomic mass is 16.5. The van der Waals surface area contributed by atoms with Crippen LogP contribution in [0, 0.1) is 5.92 Å². The minimum absolute atomic E-state index is 0.00549. The van der Waals surface area contributed by atoms with Crippen LogP contribution in [0.3, 0.4) is 0 Å². The van der Waals surface area contributed by atoms with Crippen LogP contribution < -0.4 is 5.32 Å². The highest BCUT2D eigenvalue weighted by Gasteiger charge is 2.28. The molecule has 0 heterocycles. The predicted octanol–water partition coefficient (Wildman–Crippen LogP) is 2.49. The number of rotatable bonds is 4. The average molecular weight is 227 g/mol. The summed E-state index contributed by atoms with van der Waals surface area (Å²) in [6, 6.07) is 0.975. The van der Waals surface area contributed by atoms with Crippen molar-refractivity contribution in [3.8, 4) is 0 Å². The summed E-state index contributed by atoms with van der Waals surface area (Å²) in [6.07, 6.45) is 4.24. The van der Waals surface area contributed by atoms with E-state index in [4.69, 9.17) is 4.74 Å². The van der Waals surface area contributed by atoms with E-state index >= 15 is 0 Å². The Morgan fingerprint density at radius 3 is 2.50 bits per heavy atom. The number of esters is 1. The van der Waals surface area contributed by atoms with Crippen molar-refractivity contribution in [2.45, 2.75) is 71.6 Å². The van der Waals surface area contributed by atoms with Gasteiger partial charge in [0, 0.05) is 12.1 Å². The van der Waals surface area contributed by atoms with Gasteiger partial charge in [0.15, 0.2) is 0 Å². The Balaban J connectivity index is 2.40. The molecule has 0 aliphatic heterocycles. The number of carbonyl (C=O) groups excluding carboxylic acids is 1. The van der Waals surface area contributed by atoms with Gasteiger partial charge in [-0.3, -0.25) is 4.79 Å². The zero-order chi connectivity index (χ0) is 12.1. The van der Waals surface area contributed by atoms with E-state index in [9.17, 15) is 4.79 Å². The van der Waals surface area contributed by atoms with Crippen molar-refractivity contribution in [3.05, 3.63) is 0 Å². The lowest BCUT2D eigenvalue weighted by Gasteiger charge is -2.30. The van der Waals surface area contributed by atoms with Crippen LogP contribution in [0.2, 0.25) is 0 Å². The second-order valence-electron chi connectivity index (χ2n) is 5.37. The third-order valence-corrected chi connectivity index (χ3v) is 2.93. The summed E-state index contributed by atoms with van der Waals surface area (Å²) in [5, 5.41) is 3.51. The monoisotopic (exact) mass is 227 g/mol. The molecule has 1 aliphatic carbocycles. The van der Waals surface area contributed by atoms with E-state index in [1.807, 2.05) is 13.8 Å². The highest BCUT2D eigenvalue weighted by molar-refractivity contribution is 5.72. The van der Waals surface area contributed by atoms with Crippen LogP contribution >= 0.6 is 0 Å². The van der Waals surface area contributed by atoms with E-state index in [1.165, 1.54) is 6.42 Å². The van der Waals surface area contributed by atoms with Gasteiger partial charge in [-0.1, -0.05) is 20.3 Å². The number of nitrogens with one attached hydrogen (secondary N) is 1. The average Bonchev–Trinajstić information content (AvgIpc) is 2.16. The van der Waals surface area contributed by atoms with Gasteiger partial charge < -0.3 is 10.1 Å². The molecular formula is C13H25NO2. The molecule has 0 aromatic rings. The van der Waals surface area contributed by atoms with Gasteiger partial charge in [-0.05, 0) is 33.1 Å². The maximum absolute atomic E-state index is 11.8. The number of hydrogen-bond donors (Lipinski definition) is 1. The van der Waals surface area contributed by atoms with Gasteiger partial charge >= 0.3 is 5.97 Å². The van der Waals surface area contributed by atoms with Crippen molar-refractivity contribution >= 4 is 5.97 Å². The summed E-state index contributed by atoms with van der Waals surface area (Å²) in [7, 11) is 0. The maximum atomic E-state index is 11.8. The normalized spacial score (nSPS) is 26.1. The van der Waals surface area contributed by atoms with Crippen LogP contribution in [0.1, 0.15) is 53.4 Å². The molecule has 94 valence electrons. The summed E-state index contributed by atoms with van der Waals surface area (Å²) in [5.41, 5.74) is 0. The minimum atomic E-state index is -0.00902. The third kappa shape index (κ3) is 4.52. The molecule has 0 spiro atoms. The Labute approximate surface area is 98.9 Å². The molecule has 0 aromatic heterocycles. The summed E-state index contributed by atoms with van der Waals surface area (Å²) in [4.78, 5) is 11.8. The van der Waals surface area contributed by atoms with Gasteiger partial charge in [-0.25, -0.2) is 0 Å². The zero-order valence-corrected chi connectivity index (χ0v) is 11.0. The number of hydrogen-bond acceptors (Lipinski definition) is 3. The molecule has 2 atom stereocenters. The van der Waals surface area contributed by atoms with Crippen LogP contribution in [0.25, 0.3) is 0 Å². The SMILES string of the molecule is CC(C)N[C@@H]1CCC[C@H](C(=O)OC(C)C)C1. The molecule has 0 saturated heterocycles. The molecule has 1 fully saturated rings. The Morgan fingerprint density at radius 2 is 1.94 bits per heavy atom. The fourth-order valence-corrected chi connectivity index (χ4v) is 2.36. The Bertz CT molecular complexity index is 226. The summed E-state index contributed by atoms with van der Waals surface area (Å²) < 4.78 is 5.28. The molecule has 0 amide bonds. The first-order valence-electron chi connectivity index (χ1n) is 6.45. The quantitative estimate of drug-likeness (QED) is 0.750. The van der Waals surface area contributed by atoms with E-state index in [0.29, 0.717) is 12.1 Å². The van der Waals surface area contributed by atoms with Crippen molar-refractivity contribution in [1.82, 2.24) is 5.32 Å². The van der Waals surface area contributed by atoms with Gasteiger partial charge in [0.05, 0.1) is 12.0 Å². The molecule has 0 unspecified atom stereocenters. The lowest BCUT2D eigenvalue weighted by Crippen LogP contribution is -2.40. The second kappa shape index (κ2) is 6.24. The molecule has 0 radical (unpaired) electrons. The zero-order valence-electron chi connectivity index (χ0n) is 11.0. The Hall–Kier alpha value is -0.570. The fraction of sp³-hybridized carbons (Fsp3) is 0.923. The lowest BCUT2D eigenvalue weighted by molar-refractivity contribution is -0.153. The molecule has 1 aliphatic rings. The molecule has 3 nitrogen and oxygen atoms in total. The van der Waals surface area contributed by atoms with Gasteiger partial charge in [-0.15, -0.1) is 0 Å². The van der Waals surface area contributed by atoms with Crippen LogP contribution in [-0.2, 0) is 9.53 Å². The van der Waals surface area contributed by atoms with Crippen molar-refractivity contribution < 1.29 is 9.53 Å².